The highest BCUT2D eigenvalue weighted by Gasteiger charge is 2.27. The Hall–Kier alpha value is -7.12. The third-order valence-electron chi connectivity index (χ3n) is 9.24. The first-order chi connectivity index (χ1) is 25.3. The van der Waals surface area contributed by atoms with Crippen LogP contribution < -0.4 is 19.3 Å². The third-order valence-corrected chi connectivity index (χ3v) is 9.24. The largest absolute Gasteiger partial charge is 0.453 e. The first-order valence-electron chi connectivity index (χ1n) is 16.8. The molecule has 7 heteroatoms. The smallest absolute Gasteiger partial charge is 0.182 e. The minimum Gasteiger partial charge on any atom is -0.453 e. The van der Waals surface area contributed by atoms with E-state index in [1.807, 2.05) is 95.7 Å². The van der Waals surface area contributed by atoms with Crippen LogP contribution in [0.25, 0.3) is 28.5 Å². The van der Waals surface area contributed by atoms with Crippen molar-refractivity contribution in [3.05, 3.63) is 176 Å². The van der Waals surface area contributed by atoms with Crippen LogP contribution in [-0.4, -0.2) is 14.8 Å². The predicted molar refractivity (Wildman–Crippen MR) is 202 cm³/mol. The van der Waals surface area contributed by atoms with Crippen LogP contribution in [0.2, 0.25) is 0 Å². The van der Waals surface area contributed by atoms with Crippen LogP contribution in [0.15, 0.2) is 176 Å². The molecule has 0 radical (unpaired) electrons. The average molecular weight is 660 g/mol. The van der Waals surface area contributed by atoms with Crippen LogP contribution in [0, 0.1) is 0 Å². The zero-order chi connectivity index (χ0) is 33.7. The van der Waals surface area contributed by atoms with Gasteiger partial charge in [0.05, 0.1) is 28.4 Å². The maximum atomic E-state index is 6.23. The number of hydrogen-bond acceptors (Lipinski definition) is 6. The van der Waals surface area contributed by atoms with Crippen LogP contribution in [-0.2, 0) is 0 Å². The second-order valence-corrected chi connectivity index (χ2v) is 12.3. The molecule has 1 aromatic heterocycles. The molecular weight excluding hydrogens is 631 g/mol. The summed E-state index contributed by atoms with van der Waals surface area (Å²) >= 11 is 0. The summed E-state index contributed by atoms with van der Waals surface area (Å²) in [5.74, 6) is 4.69. The minimum atomic E-state index is 0.642. The second kappa shape index (κ2) is 11.8. The summed E-state index contributed by atoms with van der Waals surface area (Å²) in [4.78, 5) is 9.56. The Bertz CT molecular complexity index is 2450. The fourth-order valence-corrected chi connectivity index (χ4v) is 6.86. The molecule has 8 aromatic rings. The number of fused-ring (bicyclic) bond motifs is 4. The van der Waals surface area contributed by atoms with Crippen molar-refractivity contribution in [2.45, 2.75) is 0 Å². The lowest BCUT2D eigenvalue weighted by molar-refractivity contribution is 0.477. The number of hydrogen-bond donors (Lipinski definition) is 0. The second-order valence-electron chi connectivity index (χ2n) is 12.3. The maximum Gasteiger partial charge on any atom is 0.182 e. The van der Waals surface area contributed by atoms with Gasteiger partial charge in [-0.05, 0) is 97.1 Å². The highest BCUT2D eigenvalue weighted by molar-refractivity contribution is 5.88. The van der Waals surface area contributed by atoms with Crippen molar-refractivity contribution in [3.63, 3.8) is 0 Å². The van der Waals surface area contributed by atoms with Crippen LogP contribution in [0.4, 0.5) is 34.1 Å². The molecule has 0 atom stereocenters. The van der Waals surface area contributed by atoms with Gasteiger partial charge < -0.3 is 19.3 Å². The third kappa shape index (κ3) is 4.90. The molecule has 0 saturated carbocycles. The van der Waals surface area contributed by atoms with Gasteiger partial charge >= 0.3 is 0 Å². The predicted octanol–water partition coefficient (Wildman–Crippen LogP) is 11.8. The van der Waals surface area contributed by atoms with E-state index >= 15 is 0 Å². The molecule has 2 aliphatic heterocycles. The fourth-order valence-electron chi connectivity index (χ4n) is 6.86. The van der Waals surface area contributed by atoms with Crippen LogP contribution in [0.5, 0.6) is 23.0 Å². The molecule has 7 nitrogen and oxygen atoms in total. The van der Waals surface area contributed by atoms with Gasteiger partial charge in [-0.2, -0.15) is 0 Å². The lowest BCUT2D eigenvalue weighted by Gasteiger charge is -2.32. The van der Waals surface area contributed by atoms with Gasteiger partial charge in [0.1, 0.15) is 0 Å². The Labute approximate surface area is 294 Å². The van der Waals surface area contributed by atoms with E-state index in [1.54, 1.807) is 0 Å². The zero-order valence-electron chi connectivity index (χ0n) is 27.3. The fraction of sp³-hybridized carbons (Fsp3) is 0. The molecule has 0 N–H and O–H groups in total. The van der Waals surface area contributed by atoms with Crippen molar-refractivity contribution in [2.24, 2.45) is 0 Å². The summed E-state index contributed by atoms with van der Waals surface area (Å²) in [6, 6.07) is 59.5. The van der Waals surface area contributed by atoms with Crippen molar-refractivity contribution in [2.75, 3.05) is 9.80 Å². The van der Waals surface area contributed by atoms with Gasteiger partial charge in [0.15, 0.2) is 34.6 Å². The number of nitrogens with zero attached hydrogens (tertiary/aromatic N) is 5. The SMILES string of the molecule is c1ccc(-c2nc(-c3ccc(N4c5ccccc5Oc5ccccc54)cc3)nn2-c2ccc(N3c4ccccc4Oc4ccccc43)cc2)cc1. The molecule has 3 heterocycles. The van der Waals surface area contributed by atoms with Gasteiger partial charge in [-0.1, -0.05) is 78.9 Å². The molecule has 10 rings (SSSR count). The van der Waals surface area contributed by atoms with E-state index in [-0.39, 0.29) is 0 Å². The molecule has 0 aliphatic carbocycles. The van der Waals surface area contributed by atoms with E-state index in [4.69, 9.17) is 19.6 Å². The monoisotopic (exact) mass is 659 g/mol. The first-order valence-corrected chi connectivity index (χ1v) is 16.8. The van der Waals surface area contributed by atoms with Crippen molar-refractivity contribution in [3.8, 4) is 51.5 Å². The molecule has 0 unspecified atom stereocenters. The number of ether oxygens (including phenoxy) is 2. The summed E-state index contributed by atoms with van der Waals surface area (Å²) < 4.78 is 14.4. The van der Waals surface area contributed by atoms with Crippen molar-refractivity contribution in [1.29, 1.82) is 0 Å². The van der Waals surface area contributed by atoms with Gasteiger partial charge in [0.2, 0.25) is 0 Å². The molecule has 0 spiro atoms. The number of para-hydroxylation sites is 8. The van der Waals surface area contributed by atoms with E-state index < -0.39 is 0 Å². The topological polar surface area (TPSA) is 55.7 Å². The summed E-state index contributed by atoms with van der Waals surface area (Å²) in [6.07, 6.45) is 0. The highest BCUT2D eigenvalue weighted by Crippen LogP contribution is 2.51. The van der Waals surface area contributed by atoms with E-state index in [0.717, 1.165) is 79.8 Å². The molecule has 7 aromatic carbocycles. The summed E-state index contributed by atoms with van der Waals surface area (Å²) in [5, 5.41) is 5.09. The van der Waals surface area contributed by atoms with E-state index in [0.29, 0.717) is 5.82 Å². The molecule has 2 aliphatic rings. The Morgan fingerprint density at radius 1 is 0.353 bits per heavy atom. The zero-order valence-corrected chi connectivity index (χ0v) is 27.3. The molecule has 242 valence electrons. The highest BCUT2D eigenvalue weighted by atomic mass is 16.5. The lowest BCUT2D eigenvalue weighted by atomic mass is 10.1. The van der Waals surface area contributed by atoms with E-state index in [1.165, 1.54) is 0 Å². The Morgan fingerprint density at radius 2 is 0.745 bits per heavy atom. The van der Waals surface area contributed by atoms with Crippen LogP contribution in [0.1, 0.15) is 0 Å². The van der Waals surface area contributed by atoms with Crippen LogP contribution >= 0.6 is 0 Å². The summed E-state index contributed by atoms with van der Waals surface area (Å²) in [7, 11) is 0. The Kier molecular flexibility index (Phi) is 6.67. The van der Waals surface area contributed by atoms with E-state index in [2.05, 4.69) is 94.7 Å². The lowest BCUT2D eigenvalue weighted by Crippen LogP contribution is -2.15. The molecule has 0 bridgehead atoms. The van der Waals surface area contributed by atoms with Crippen molar-refractivity contribution < 1.29 is 9.47 Å². The quantitative estimate of drug-likeness (QED) is 0.183. The van der Waals surface area contributed by atoms with Gasteiger partial charge in [-0.15, -0.1) is 5.10 Å². The normalized spacial score (nSPS) is 12.5. The van der Waals surface area contributed by atoms with Gasteiger partial charge in [-0.25, -0.2) is 9.67 Å². The molecule has 0 saturated heterocycles. The number of aromatic nitrogens is 3. The van der Waals surface area contributed by atoms with Crippen molar-refractivity contribution >= 4 is 34.1 Å². The molecule has 0 amide bonds. The van der Waals surface area contributed by atoms with Gasteiger partial charge in [0, 0.05) is 22.5 Å². The number of benzene rings is 7. The van der Waals surface area contributed by atoms with Crippen LogP contribution in [0.3, 0.4) is 0 Å². The average Bonchev–Trinajstić information content (AvgIpc) is 3.65. The molecule has 0 fully saturated rings. The Morgan fingerprint density at radius 3 is 1.22 bits per heavy atom. The van der Waals surface area contributed by atoms with Crippen molar-refractivity contribution in [1.82, 2.24) is 14.8 Å². The molecular formula is C44H29N5O2. The van der Waals surface area contributed by atoms with Gasteiger partial charge in [-0.3, -0.25) is 0 Å². The van der Waals surface area contributed by atoms with E-state index in [9.17, 15) is 0 Å². The standard InChI is InChI=1S/C44H29N5O2/c1-2-12-31(13-3-1)44-45-43(30-22-24-32(25-23-30)47-35-14-4-8-18-39(35)50-40-19-9-5-15-36(40)47)46-49(44)34-28-26-33(27-29-34)48-37-16-6-10-20-41(37)51-42-21-11-7-17-38(42)48/h1-29H. The Balaban J connectivity index is 1.03. The minimum absolute atomic E-state index is 0.642. The first kappa shape index (κ1) is 28.9. The number of anilines is 6. The summed E-state index contributed by atoms with van der Waals surface area (Å²) in [5.41, 5.74) is 8.81. The number of rotatable bonds is 5. The van der Waals surface area contributed by atoms with Gasteiger partial charge in [0.25, 0.3) is 0 Å². The maximum absolute atomic E-state index is 6.23. The molecule has 51 heavy (non-hydrogen) atoms. The summed E-state index contributed by atoms with van der Waals surface area (Å²) in [6.45, 7) is 0.